The Morgan fingerprint density at radius 1 is 0.867 bits per heavy atom. The minimum absolute atomic E-state index is 0.886. The SMILES string of the molecule is CCCCN(C)CCCCCCC(C)C. The van der Waals surface area contributed by atoms with Gasteiger partial charge in [-0.25, -0.2) is 0 Å². The Hall–Kier alpha value is -0.0400. The van der Waals surface area contributed by atoms with E-state index in [9.17, 15) is 0 Å². The summed E-state index contributed by atoms with van der Waals surface area (Å²) >= 11 is 0. The maximum atomic E-state index is 2.48. The van der Waals surface area contributed by atoms with Crippen molar-refractivity contribution in [3.63, 3.8) is 0 Å². The minimum Gasteiger partial charge on any atom is -0.306 e. The molecule has 0 saturated carbocycles. The lowest BCUT2D eigenvalue weighted by Crippen LogP contribution is -2.20. The fraction of sp³-hybridized carbons (Fsp3) is 1.00. The first kappa shape index (κ1) is 15.0. The molecule has 1 heteroatoms. The van der Waals surface area contributed by atoms with Crippen LogP contribution in [0.1, 0.15) is 65.7 Å². The molecule has 0 saturated heterocycles. The van der Waals surface area contributed by atoms with Gasteiger partial charge in [-0.2, -0.15) is 0 Å². The normalized spacial score (nSPS) is 11.6. The van der Waals surface area contributed by atoms with Crippen molar-refractivity contribution < 1.29 is 0 Å². The quantitative estimate of drug-likeness (QED) is 0.488. The van der Waals surface area contributed by atoms with Gasteiger partial charge in [0.1, 0.15) is 0 Å². The van der Waals surface area contributed by atoms with E-state index in [1.165, 1.54) is 58.0 Å². The summed E-state index contributed by atoms with van der Waals surface area (Å²) in [4.78, 5) is 2.48. The number of hydrogen-bond donors (Lipinski definition) is 0. The second kappa shape index (κ2) is 10.5. The van der Waals surface area contributed by atoms with Crippen molar-refractivity contribution in [3.8, 4) is 0 Å². The maximum Gasteiger partial charge on any atom is -0.00218 e. The molecule has 15 heavy (non-hydrogen) atoms. The molecule has 1 nitrogen and oxygen atoms in total. The first-order chi connectivity index (χ1) is 7.16. The van der Waals surface area contributed by atoms with Crippen LogP contribution in [0.2, 0.25) is 0 Å². The second-order valence-electron chi connectivity index (χ2n) is 5.25. The van der Waals surface area contributed by atoms with Crippen molar-refractivity contribution in [2.24, 2.45) is 5.92 Å². The Kier molecular flexibility index (Phi) is 10.4. The monoisotopic (exact) mass is 213 g/mol. The third kappa shape index (κ3) is 11.9. The fourth-order valence-electron chi connectivity index (χ4n) is 1.83. The van der Waals surface area contributed by atoms with E-state index in [0.717, 1.165) is 5.92 Å². The molecule has 0 N–H and O–H groups in total. The second-order valence-corrected chi connectivity index (χ2v) is 5.25. The highest BCUT2D eigenvalue weighted by molar-refractivity contribution is 4.53. The first-order valence-electron chi connectivity index (χ1n) is 6.85. The van der Waals surface area contributed by atoms with E-state index < -0.39 is 0 Å². The summed E-state index contributed by atoms with van der Waals surface area (Å²) in [5.74, 6) is 0.886. The summed E-state index contributed by atoms with van der Waals surface area (Å²) in [5.41, 5.74) is 0. The van der Waals surface area contributed by atoms with E-state index in [4.69, 9.17) is 0 Å². The highest BCUT2D eigenvalue weighted by Crippen LogP contribution is 2.09. The molecule has 0 unspecified atom stereocenters. The lowest BCUT2D eigenvalue weighted by molar-refractivity contribution is 0.317. The largest absolute Gasteiger partial charge is 0.306 e. The fourth-order valence-corrected chi connectivity index (χ4v) is 1.83. The highest BCUT2D eigenvalue weighted by Gasteiger charge is 1.98. The van der Waals surface area contributed by atoms with Crippen LogP contribution >= 0.6 is 0 Å². The highest BCUT2D eigenvalue weighted by atomic mass is 15.1. The molecule has 0 rings (SSSR count). The van der Waals surface area contributed by atoms with E-state index in [1.54, 1.807) is 0 Å². The minimum atomic E-state index is 0.886. The van der Waals surface area contributed by atoms with Crippen molar-refractivity contribution in [1.29, 1.82) is 0 Å². The molecular weight excluding hydrogens is 182 g/mol. The van der Waals surface area contributed by atoms with Gasteiger partial charge >= 0.3 is 0 Å². The van der Waals surface area contributed by atoms with E-state index in [2.05, 4.69) is 32.7 Å². The van der Waals surface area contributed by atoms with Crippen LogP contribution in [-0.2, 0) is 0 Å². The van der Waals surface area contributed by atoms with Crippen LogP contribution in [0.4, 0.5) is 0 Å². The molecule has 92 valence electrons. The average Bonchev–Trinajstić information content (AvgIpc) is 2.19. The van der Waals surface area contributed by atoms with Crippen LogP contribution in [0.3, 0.4) is 0 Å². The zero-order chi connectivity index (χ0) is 11.5. The number of unbranched alkanes of at least 4 members (excludes halogenated alkanes) is 4. The Labute approximate surface area is 97.2 Å². The Bertz CT molecular complexity index is 121. The molecule has 0 fully saturated rings. The molecule has 0 aromatic rings. The van der Waals surface area contributed by atoms with E-state index in [0.29, 0.717) is 0 Å². The molecule has 0 heterocycles. The van der Waals surface area contributed by atoms with E-state index >= 15 is 0 Å². The Balaban J connectivity index is 3.09. The summed E-state index contributed by atoms with van der Waals surface area (Å²) in [6.45, 7) is 9.47. The van der Waals surface area contributed by atoms with Crippen LogP contribution in [-0.4, -0.2) is 25.0 Å². The van der Waals surface area contributed by atoms with Crippen molar-refractivity contribution >= 4 is 0 Å². The predicted octanol–water partition coefficient (Wildman–Crippen LogP) is 4.32. The van der Waals surface area contributed by atoms with Gasteiger partial charge in [0.25, 0.3) is 0 Å². The smallest absolute Gasteiger partial charge is 0.00218 e. The van der Waals surface area contributed by atoms with Gasteiger partial charge in [-0.05, 0) is 38.9 Å². The molecule has 0 aliphatic heterocycles. The molecule has 0 atom stereocenters. The summed E-state index contributed by atoms with van der Waals surface area (Å²) in [6, 6.07) is 0. The van der Waals surface area contributed by atoms with Crippen molar-refractivity contribution in [1.82, 2.24) is 4.90 Å². The molecule has 0 bridgehead atoms. The molecule has 0 aliphatic rings. The third-order valence-electron chi connectivity index (χ3n) is 2.96. The number of rotatable bonds is 10. The summed E-state index contributed by atoms with van der Waals surface area (Å²) in [5, 5.41) is 0. The van der Waals surface area contributed by atoms with Crippen molar-refractivity contribution in [2.75, 3.05) is 20.1 Å². The third-order valence-corrected chi connectivity index (χ3v) is 2.96. The summed E-state index contributed by atoms with van der Waals surface area (Å²) in [7, 11) is 2.25. The van der Waals surface area contributed by atoms with Gasteiger partial charge in [-0.15, -0.1) is 0 Å². The number of hydrogen-bond acceptors (Lipinski definition) is 1. The van der Waals surface area contributed by atoms with Crippen LogP contribution in [0.25, 0.3) is 0 Å². The molecular formula is C14H31N. The first-order valence-corrected chi connectivity index (χ1v) is 6.85. The van der Waals surface area contributed by atoms with E-state index in [-0.39, 0.29) is 0 Å². The maximum absolute atomic E-state index is 2.48. The van der Waals surface area contributed by atoms with Gasteiger partial charge in [0.05, 0.1) is 0 Å². The zero-order valence-corrected chi connectivity index (χ0v) is 11.4. The predicted molar refractivity (Wildman–Crippen MR) is 70.3 cm³/mol. The van der Waals surface area contributed by atoms with Crippen LogP contribution < -0.4 is 0 Å². The zero-order valence-electron chi connectivity index (χ0n) is 11.4. The molecule has 0 aliphatic carbocycles. The van der Waals surface area contributed by atoms with Crippen LogP contribution in [0, 0.1) is 5.92 Å². The topological polar surface area (TPSA) is 3.24 Å². The molecule has 0 spiro atoms. The molecule has 0 amide bonds. The Morgan fingerprint density at radius 3 is 2.07 bits per heavy atom. The van der Waals surface area contributed by atoms with Gasteiger partial charge in [-0.3, -0.25) is 0 Å². The van der Waals surface area contributed by atoms with Crippen LogP contribution in [0.15, 0.2) is 0 Å². The average molecular weight is 213 g/mol. The van der Waals surface area contributed by atoms with Crippen molar-refractivity contribution in [3.05, 3.63) is 0 Å². The summed E-state index contributed by atoms with van der Waals surface area (Å²) in [6.07, 6.45) is 9.74. The molecule has 0 aromatic heterocycles. The number of nitrogens with zero attached hydrogens (tertiary/aromatic N) is 1. The van der Waals surface area contributed by atoms with Gasteiger partial charge in [-0.1, -0.05) is 52.9 Å². The van der Waals surface area contributed by atoms with Crippen LogP contribution in [0.5, 0.6) is 0 Å². The lowest BCUT2D eigenvalue weighted by Gasteiger charge is -2.15. The molecule has 0 radical (unpaired) electrons. The van der Waals surface area contributed by atoms with E-state index in [1.807, 2.05) is 0 Å². The summed E-state index contributed by atoms with van der Waals surface area (Å²) < 4.78 is 0. The van der Waals surface area contributed by atoms with Gasteiger partial charge in [0.15, 0.2) is 0 Å². The van der Waals surface area contributed by atoms with Gasteiger partial charge in [0, 0.05) is 0 Å². The van der Waals surface area contributed by atoms with Gasteiger partial charge in [0.2, 0.25) is 0 Å². The Morgan fingerprint density at radius 2 is 1.47 bits per heavy atom. The standard InChI is InChI=1S/C14H31N/c1-5-6-12-15(4)13-10-8-7-9-11-14(2)3/h14H,5-13H2,1-4H3. The van der Waals surface area contributed by atoms with Crippen molar-refractivity contribution in [2.45, 2.75) is 65.7 Å². The van der Waals surface area contributed by atoms with Gasteiger partial charge < -0.3 is 4.90 Å². The lowest BCUT2D eigenvalue weighted by atomic mass is 10.0. The molecule has 0 aromatic carbocycles.